The Labute approximate surface area is 158 Å². The Hall–Kier alpha value is -2.80. The molecule has 1 aliphatic heterocycles. The zero-order valence-electron chi connectivity index (χ0n) is 15.3. The minimum Gasteiger partial charge on any atom is -0.495 e. The van der Waals surface area contributed by atoms with E-state index in [4.69, 9.17) is 9.26 Å². The Morgan fingerprint density at radius 1 is 1.19 bits per heavy atom. The minimum atomic E-state index is -3.82. The predicted octanol–water partition coefficient (Wildman–Crippen LogP) is 3.80. The molecule has 0 fully saturated rings. The fourth-order valence-electron chi connectivity index (χ4n) is 3.54. The van der Waals surface area contributed by atoms with Gasteiger partial charge in [0.2, 0.25) is 0 Å². The number of hydrogen-bond donors (Lipinski definition) is 0. The molecule has 6 nitrogen and oxygen atoms in total. The van der Waals surface area contributed by atoms with E-state index in [-0.39, 0.29) is 10.9 Å². The van der Waals surface area contributed by atoms with Gasteiger partial charge >= 0.3 is 0 Å². The van der Waals surface area contributed by atoms with Gasteiger partial charge in [0, 0.05) is 17.7 Å². The highest BCUT2D eigenvalue weighted by molar-refractivity contribution is 7.93. The smallest absolute Gasteiger partial charge is 0.268 e. The van der Waals surface area contributed by atoms with Crippen LogP contribution >= 0.6 is 0 Å². The second-order valence-corrected chi connectivity index (χ2v) is 8.46. The molecule has 7 heteroatoms. The van der Waals surface area contributed by atoms with Crippen molar-refractivity contribution in [3.8, 4) is 17.1 Å². The number of rotatable bonds is 4. The van der Waals surface area contributed by atoms with Crippen molar-refractivity contribution in [1.29, 1.82) is 0 Å². The van der Waals surface area contributed by atoms with Crippen LogP contribution in [0, 0.1) is 6.92 Å². The third-order valence-electron chi connectivity index (χ3n) is 4.76. The topological polar surface area (TPSA) is 72.6 Å². The van der Waals surface area contributed by atoms with Crippen molar-refractivity contribution in [3.63, 3.8) is 0 Å². The van der Waals surface area contributed by atoms with E-state index in [0.29, 0.717) is 29.2 Å². The van der Waals surface area contributed by atoms with Gasteiger partial charge in [-0.2, -0.15) is 0 Å². The molecule has 140 valence electrons. The van der Waals surface area contributed by atoms with Crippen LogP contribution in [0.15, 0.2) is 57.9 Å². The van der Waals surface area contributed by atoms with Crippen molar-refractivity contribution in [2.75, 3.05) is 11.4 Å². The predicted molar refractivity (Wildman–Crippen MR) is 103 cm³/mol. The molecule has 1 atom stereocenters. The number of aromatic nitrogens is 1. The molecule has 0 N–H and O–H groups in total. The number of aryl methyl sites for hydroxylation is 1. The van der Waals surface area contributed by atoms with E-state index >= 15 is 0 Å². The normalized spacial score (nSPS) is 16.4. The van der Waals surface area contributed by atoms with Crippen molar-refractivity contribution < 1.29 is 17.7 Å². The lowest BCUT2D eigenvalue weighted by Crippen LogP contribution is -2.35. The highest BCUT2D eigenvalue weighted by Crippen LogP contribution is 2.39. The summed E-state index contributed by atoms with van der Waals surface area (Å²) in [5, 5.41) is 3.88. The number of ether oxygens (including phenoxy) is 1. The second-order valence-electron chi connectivity index (χ2n) is 6.68. The molecule has 0 aliphatic carbocycles. The summed E-state index contributed by atoms with van der Waals surface area (Å²) in [5.41, 5.74) is 3.10. The van der Waals surface area contributed by atoms with Gasteiger partial charge in [-0.1, -0.05) is 23.4 Å². The number of nitrogens with zero attached hydrogens (tertiary/aromatic N) is 2. The van der Waals surface area contributed by atoms with Crippen LogP contribution < -0.4 is 9.04 Å². The first-order valence-corrected chi connectivity index (χ1v) is 10.1. The average Bonchev–Trinajstić information content (AvgIpc) is 3.23. The first-order chi connectivity index (χ1) is 12.9. The lowest BCUT2D eigenvalue weighted by Gasteiger charge is -2.25. The van der Waals surface area contributed by atoms with Crippen molar-refractivity contribution >= 4 is 15.7 Å². The fraction of sp³-hybridized carbons (Fsp3) is 0.250. The monoisotopic (exact) mass is 384 g/mol. The molecule has 0 saturated carbocycles. The van der Waals surface area contributed by atoms with Gasteiger partial charge in [0.1, 0.15) is 10.6 Å². The summed E-state index contributed by atoms with van der Waals surface area (Å²) in [7, 11) is -2.36. The molecule has 0 saturated heterocycles. The molecule has 4 rings (SSSR count). The van der Waals surface area contributed by atoms with Gasteiger partial charge in [-0.3, -0.25) is 4.31 Å². The highest BCUT2D eigenvalue weighted by atomic mass is 32.2. The molecule has 0 spiro atoms. The summed E-state index contributed by atoms with van der Waals surface area (Å²) in [5.74, 6) is 0.813. The van der Waals surface area contributed by atoms with Crippen molar-refractivity contribution in [1.82, 2.24) is 5.16 Å². The number of fused-ring (bicyclic) bond motifs is 1. The Kier molecular flexibility index (Phi) is 4.19. The highest BCUT2D eigenvalue weighted by Gasteiger charge is 2.37. The summed E-state index contributed by atoms with van der Waals surface area (Å²) >= 11 is 0. The fourth-order valence-corrected chi connectivity index (χ4v) is 5.42. The van der Waals surface area contributed by atoms with E-state index in [2.05, 4.69) is 5.16 Å². The SMILES string of the molecule is COc1ccc(-c2cc(C)no2)cc1S(=O)(=O)N1c2ccccc2C[C@H]1C. The van der Waals surface area contributed by atoms with Gasteiger partial charge in [-0.25, -0.2) is 8.42 Å². The molecule has 0 bridgehead atoms. The Morgan fingerprint density at radius 3 is 2.67 bits per heavy atom. The van der Waals surface area contributed by atoms with Crippen LogP contribution in [-0.4, -0.2) is 26.7 Å². The first-order valence-electron chi connectivity index (χ1n) is 8.66. The van der Waals surface area contributed by atoms with E-state index in [1.165, 1.54) is 11.4 Å². The maximum Gasteiger partial charge on any atom is 0.268 e. The van der Waals surface area contributed by atoms with Crippen molar-refractivity contribution in [3.05, 3.63) is 59.8 Å². The largest absolute Gasteiger partial charge is 0.495 e. The van der Waals surface area contributed by atoms with Gasteiger partial charge < -0.3 is 9.26 Å². The van der Waals surface area contributed by atoms with E-state index in [1.807, 2.05) is 38.1 Å². The zero-order chi connectivity index (χ0) is 19.2. The lowest BCUT2D eigenvalue weighted by molar-refractivity contribution is 0.402. The van der Waals surface area contributed by atoms with E-state index in [0.717, 1.165) is 11.3 Å². The van der Waals surface area contributed by atoms with Crippen LogP contribution in [0.3, 0.4) is 0 Å². The quantitative estimate of drug-likeness (QED) is 0.684. The molecule has 0 radical (unpaired) electrons. The molecule has 1 aromatic heterocycles. The standard InChI is InChI=1S/C20H20N2O4S/c1-13-10-19(26-21-13)16-8-9-18(25-3)20(12-16)27(23,24)22-14(2)11-15-6-4-5-7-17(15)22/h4-10,12,14H,11H2,1-3H3/t14-/m1/s1. The molecular weight excluding hydrogens is 364 g/mol. The summed E-state index contributed by atoms with van der Waals surface area (Å²) in [4.78, 5) is 0.111. The number of anilines is 1. The maximum atomic E-state index is 13.6. The van der Waals surface area contributed by atoms with Gasteiger partial charge in [0.05, 0.1) is 18.5 Å². The Balaban J connectivity index is 1.86. The van der Waals surface area contributed by atoms with E-state index in [1.54, 1.807) is 24.3 Å². The second kappa shape index (κ2) is 6.42. The third kappa shape index (κ3) is 2.88. The summed E-state index contributed by atoms with van der Waals surface area (Å²) in [6.07, 6.45) is 0.679. The van der Waals surface area contributed by atoms with Gasteiger partial charge in [0.25, 0.3) is 10.0 Å². The molecule has 1 aliphatic rings. The lowest BCUT2D eigenvalue weighted by atomic mass is 10.1. The summed E-state index contributed by atoms with van der Waals surface area (Å²) in [6.45, 7) is 3.73. The number of methoxy groups -OCH3 is 1. The zero-order valence-corrected chi connectivity index (χ0v) is 16.2. The molecule has 2 aromatic carbocycles. The van der Waals surface area contributed by atoms with Crippen LogP contribution in [0.2, 0.25) is 0 Å². The number of benzene rings is 2. The van der Waals surface area contributed by atoms with E-state index < -0.39 is 10.0 Å². The summed E-state index contributed by atoms with van der Waals surface area (Å²) in [6, 6.07) is 14.2. The van der Waals surface area contributed by atoms with Crippen LogP contribution in [-0.2, 0) is 16.4 Å². The maximum absolute atomic E-state index is 13.6. The third-order valence-corrected chi connectivity index (χ3v) is 6.71. The van der Waals surface area contributed by atoms with E-state index in [9.17, 15) is 8.42 Å². The van der Waals surface area contributed by atoms with Gasteiger partial charge in [0.15, 0.2) is 5.76 Å². The number of sulfonamides is 1. The van der Waals surface area contributed by atoms with Crippen molar-refractivity contribution in [2.45, 2.75) is 31.2 Å². The molecule has 2 heterocycles. The summed E-state index contributed by atoms with van der Waals surface area (Å²) < 4.78 is 39.3. The number of para-hydroxylation sites is 1. The van der Waals surface area contributed by atoms with Gasteiger partial charge in [-0.05, 0) is 50.1 Å². The molecule has 3 aromatic rings. The minimum absolute atomic E-state index is 0.111. The van der Waals surface area contributed by atoms with Crippen LogP contribution in [0.1, 0.15) is 18.2 Å². The molecule has 0 amide bonds. The molecular formula is C20H20N2O4S. The van der Waals surface area contributed by atoms with Crippen LogP contribution in [0.25, 0.3) is 11.3 Å². The van der Waals surface area contributed by atoms with Crippen molar-refractivity contribution in [2.24, 2.45) is 0 Å². The molecule has 0 unspecified atom stereocenters. The Morgan fingerprint density at radius 2 is 1.96 bits per heavy atom. The number of hydrogen-bond acceptors (Lipinski definition) is 5. The first kappa shape index (κ1) is 17.6. The average molecular weight is 384 g/mol. The van der Waals surface area contributed by atoms with Gasteiger partial charge in [-0.15, -0.1) is 0 Å². The Bertz CT molecular complexity index is 1100. The van der Waals surface area contributed by atoms with Crippen LogP contribution in [0.4, 0.5) is 5.69 Å². The van der Waals surface area contributed by atoms with Crippen LogP contribution in [0.5, 0.6) is 5.75 Å². The molecule has 27 heavy (non-hydrogen) atoms.